The fourth-order valence-electron chi connectivity index (χ4n) is 3.87. The van der Waals surface area contributed by atoms with Crippen LogP contribution in [0.1, 0.15) is 46.9 Å². The number of hydrogen-bond donors (Lipinski definition) is 1. The number of hydroxylamine groups is 2. The van der Waals surface area contributed by atoms with Gasteiger partial charge in [0.25, 0.3) is 0 Å². The van der Waals surface area contributed by atoms with Gasteiger partial charge in [0.1, 0.15) is 17.2 Å². The zero-order valence-corrected chi connectivity index (χ0v) is 18.9. The summed E-state index contributed by atoms with van der Waals surface area (Å²) >= 11 is 0.825. The number of fused-ring (bicyclic) bond motifs is 1. The van der Waals surface area contributed by atoms with Crippen LogP contribution in [0, 0.1) is 16.8 Å². The molecular weight excluding hydrogens is 495 g/mol. The number of hydrogen-bond acceptors (Lipinski definition) is 7. The topological polar surface area (TPSA) is 98.2 Å². The molecule has 2 atom stereocenters. The van der Waals surface area contributed by atoms with E-state index in [2.05, 4.69) is 15.3 Å². The van der Waals surface area contributed by atoms with Gasteiger partial charge < -0.3 is 15.6 Å². The van der Waals surface area contributed by atoms with Crippen LogP contribution >= 0.6 is 11.3 Å². The lowest BCUT2D eigenvalue weighted by Crippen LogP contribution is -2.42. The van der Waals surface area contributed by atoms with Crippen molar-refractivity contribution in [2.75, 3.05) is 5.32 Å². The molecule has 1 N–H and O–H groups in total. The van der Waals surface area contributed by atoms with E-state index in [-0.39, 0.29) is 22.8 Å². The third-order valence-corrected chi connectivity index (χ3v) is 6.40. The van der Waals surface area contributed by atoms with Gasteiger partial charge in [0.05, 0.1) is 18.2 Å². The summed E-state index contributed by atoms with van der Waals surface area (Å²) in [6, 6.07) is -0.250. The molecule has 3 aromatic rings. The molecule has 1 aromatic carbocycles. The number of anilines is 1. The Labute approximate surface area is 199 Å². The van der Waals surface area contributed by atoms with Crippen molar-refractivity contribution in [3.05, 3.63) is 69.0 Å². The van der Waals surface area contributed by atoms with E-state index in [1.807, 2.05) is 0 Å². The number of halogens is 5. The van der Waals surface area contributed by atoms with Gasteiger partial charge in [-0.2, -0.15) is 13.2 Å². The molecule has 1 aliphatic heterocycles. The Morgan fingerprint density at radius 1 is 1.20 bits per heavy atom. The average molecular weight is 511 g/mol. The summed E-state index contributed by atoms with van der Waals surface area (Å²) in [7, 11) is 0. The van der Waals surface area contributed by atoms with Gasteiger partial charge in [-0.1, -0.05) is 0 Å². The maximum absolute atomic E-state index is 14.4. The van der Waals surface area contributed by atoms with Crippen molar-refractivity contribution in [3.63, 3.8) is 0 Å². The van der Waals surface area contributed by atoms with Gasteiger partial charge in [-0.05, 0) is 37.1 Å². The summed E-state index contributed by atoms with van der Waals surface area (Å²) in [4.78, 5) is 33.3. The van der Waals surface area contributed by atoms with Crippen molar-refractivity contribution in [2.24, 2.45) is 0 Å². The summed E-state index contributed by atoms with van der Waals surface area (Å²) < 4.78 is 67.0. The van der Waals surface area contributed by atoms with Gasteiger partial charge >= 0.3 is 6.18 Å². The van der Waals surface area contributed by atoms with Gasteiger partial charge in [-0.25, -0.2) is 13.8 Å². The van der Waals surface area contributed by atoms with Crippen molar-refractivity contribution in [1.29, 1.82) is 0 Å². The van der Waals surface area contributed by atoms with Crippen LogP contribution < -0.4 is 5.32 Å². The summed E-state index contributed by atoms with van der Waals surface area (Å²) in [5.74, 6) is -4.62. The van der Waals surface area contributed by atoms with Crippen molar-refractivity contribution in [1.82, 2.24) is 15.0 Å². The van der Waals surface area contributed by atoms with E-state index in [0.29, 0.717) is 22.3 Å². The van der Waals surface area contributed by atoms with Crippen LogP contribution in [0.2, 0.25) is 0 Å². The Morgan fingerprint density at radius 3 is 2.60 bits per heavy atom. The highest BCUT2D eigenvalue weighted by molar-refractivity contribution is 7.14. The molecule has 2 aromatic heterocycles. The van der Waals surface area contributed by atoms with E-state index in [9.17, 15) is 36.7 Å². The molecule has 0 radical (unpaired) electrons. The SMILES string of the molecule is CC1C(=O)c2c(CC(=O)Nc3nc(-c4ccc(F)c(C(F)(F)F)c4F)cs3)cncc2C(C)N1[O-]. The fourth-order valence-corrected chi connectivity index (χ4v) is 4.60. The molecule has 35 heavy (non-hydrogen) atoms. The van der Waals surface area contributed by atoms with Crippen LogP contribution in [0.5, 0.6) is 0 Å². The lowest BCUT2D eigenvalue weighted by Gasteiger charge is -2.44. The number of nitrogens with zero attached hydrogens (tertiary/aromatic N) is 3. The van der Waals surface area contributed by atoms with E-state index < -0.39 is 52.7 Å². The number of thiazole rings is 1. The largest absolute Gasteiger partial charge is 0.784 e. The maximum Gasteiger partial charge on any atom is 0.422 e. The number of alkyl halides is 3. The molecule has 0 bridgehead atoms. The first kappa shape index (κ1) is 24.8. The molecule has 7 nitrogen and oxygen atoms in total. The summed E-state index contributed by atoms with van der Waals surface area (Å²) in [6.07, 6.45) is -2.79. The molecule has 184 valence electrons. The summed E-state index contributed by atoms with van der Waals surface area (Å²) in [5.41, 5.74) is -1.88. The van der Waals surface area contributed by atoms with Gasteiger partial charge in [0, 0.05) is 34.9 Å². The maximum atomic E-state index is 14.4. The van der Waals surface area contributed by atoms with E-state index in [1.165, 1.54) is 24.7 Å². The number of carbonyl (C=O) groups is 2. The minimum Gasteiger partial charge on any atom is -0.784 e. The molecular formula is C22H16F5N4O3S-. The normalized spacial score (nSPS) is 18.5. The summed E-state index contributed by atoms with van der Waals surface area (Å²) in [5, 5.41) is 16.5. The zero-order chi connectivity index (χ0) is 25.7. The predicted octanol–water partition coefficient (Wildman–Crippen LogP) is 5.13. The minimum absolute atomic E-state index is 0.0427. The van der Waals surface area contributed by atoms with Crippen LogP contribution in [0.4, 0.5) is 27.1 Å². The Balaban J connectivity index is 1.56. The molecule has 2 unspecified atom stereocenters. The number of aromatic nitrogens is 2. The van der Waals surface area contributed by atoms with Crippen LogP contribution in [-0.4, -0.2) is 32.8 Å². The standard InChI is InChI=1S/C22H16F5N4O3S/c1-9-13-7-28-6-11(17(13)20(33)10(2)31(9)34)5-16(32)30-21-29-15(8-35-21)12-3-4-14(23)18(19(12)24)22(25,26)27/h3-4,6-10H,5H2,1-2H3,(H,29,30,32)/q-1. The lowest BCUT2D eigenvalue weighted by atomic mass is 9.87. The smallest absolute Gasteiger partial charge is 0.422 e. The van der Waals surface area contributed by atoms with Gasteiger partial charge in [0.2, 0.25) is 5.91 Å². The van der Waals surface area contributed by atoms with Crippen molar-refractivity contribution in [3.8, 4) is 11.3 Å². The number of amides is 1. The minimum atomic E-state index is -5.24. The quantitative estimate of drug-likeness (QED) is 0.488. The Kier molecular flexibility index (Phi) is 6.42. The Hall–Kier alpha value is -3.29. The van der Waals surface area contributed by atoms with Crippen LogP contribution in [-0.2, 0) is 17.4 Å². The summed E-state index contributed by atoms with van der Waals surface area (Å²) in [6.45, 7) is 3.09. The van der Waals surface area contributed by atoms with Crippen LogP contribution in [0.3, 0.4) is 0 Å². The van der Waals surface area contributed by atoms with Crippen LogP contribution in [0.25, 0.3) is 11.3 Å². The van der Waals surface area contributed by atoms with Crippen molar-refractivity contribution in [2.45, 2.75) is 38.5 Å². The molecule has 4 rings (SSSR count). The highest BCUT2D eigenvalue weighted by Crippen LogP contribution is 2.38. The van der Waals surface area contributed by atoms with Gasteiger partial charge in [0.15, 0.2) is 10.9 Å². The number of Topliss-reactive ketones (excluding diaryl/α,β-unsaturated/α-hetero) is 1. The average Bonchev–Trinajstić information content (AvgIpc) is 3.23. The molecule has 0 spiro atoms. The second-order valence-corrected chi connectivity index (χ2v) is 8.74. The first-order chi connectivity index (χ1) is 16.4. The highest BCUT2D eigenvalue weighted by atomic mass is 32.1. The Morgan fingerprint density at radius 2 is 1.91 bits per heavy atom. The molecule has 13 heteroatoms. The molecule has 0 saturated carbocycles. The van der Waals surface area contributed by atoms with E-state index in [1.54, 1.807) is 6.92 Å². The van der Waals surface area contributed by atoms with Crippen molar-refractivity contribution < 1.29 is 31.5 Å². The molecule has 1 aliphatic rings. The predicted molar refractivity (Wildman–Crippen MR) is 116 cm³/mol. The number of benzene rings is 1. The zero-order valence-electron chi connectivity index (χ0n) is 18.1. The molecule has 3 heterocycles. The third kappa shape index (κ3) is 4.54. The monoisotopic (exact) mass is 511 g/mol. The highest BCUT2D eigenvalue weighted by Gasteiger charge is 2.39. The lowest BCUT2D eigenvalue weighted by molar-refractivity contribution is -0.142. The number of pyridine rings is 1. The molecule has 0 saturated heterocycles. The number of nitrogens with one attached hydrogen (secondary N) is 1. The van der Waals surface area contributed by atoms with E-state index >= 15 is 0 Å². The molecule has 0 fully saturated rings. The number of rotatable bonds is 4. The molecule has 0 aliphatic carbocycles. The number of ketones is 1. The second kappa shape index (κ2) is 9.06. The van der Waals surface area contributed by atoms with Crippen LogP contribution in [0.15, 0.2) is 29.9 Å². The number of carbonyl (C=O) groups excluding carboxylic acids is 2. The third-order valence-electron chi connectivity index (χ3n) is 5.65. The van der Waals surface area contributed by atoms with Gasteiger partial charge in [-0.3, -0.25) is 14.6 Å². The second-order valence-electron chi connectivity index (χ2n) is 7.88. The van der Waals surface area contributed by atoms with Crippen molar-refractivity contribution >= 4 is 28.2 Å². The Bertz CT molecular complexity index is 1330. The van der Waals surface area contributed by atoms with E-state index in [0.717, 1.165) is 17.4 Å². The molecule has 1 amide bonds. The van der Waals surface area contributed by atoms with Gasteiger partial charge in [-0.15, -0.1) is 11.3 Å². The fraction of sp³-hybridized carbons (Fsp3) is 0.273. The first-order valence-electron chi connectivity index (χ1n) is 10.2. The first-order valence-corrected chi connectivity index (χ1v) is 11.1. The van der Waals surface area contributed by atoms with E-state index in [4.69, 9.17) is 0 Å².